The van der Waals surface area contributed by atoms with E-state index in [4.69, 9.17) is 10.00 Å². The van der Waals surface area contributed by atoms with E-state index in [1.165, 1.54) is 27.8 Å². The van der Waals surface area contributed by atoms with Crippen LogP contribution in [0, 0.1) is 31.1 Å². The maximum Gasteiger partial charge on any atom is 0.252 e. The average Bonchev–Trinajstić information content (AvgIpc) is 2.81. The lowest BCUT2D eigenvalue weighted by molar-refractivity contribution is 0.0958. The van der Waals surface area contributed by atoms with E-state index in [1.54, 1.807) is 12.1 Å². The highest BCUT2D eigenvalue weighted by molar-refractivity contribution is 5.94. The fraction of sp³-hybridized carbons (Fsp3) is 0.375. The Morgan fingerprint density at radius 1 is 0.972 bits per heavy atom. The van der Waals surface area contributed by atoms with E-state index in [-0.39, 0.29) is 24.0 Å². The molecule has 36 heavy (non-hydrogen) atoms. The Kier molecular flexibility index (Phi) is 8.58. The van der Waals surface area contributed by atoms with Crippen LogP contribution in [0.15, 0.2) is 60.7 Å². The van der Waals surface area contributed by atoms with Crippen molar-refractivity contribution >= 4 is 5.91 Å². The number of hydrogen-bond donors (Lipinski definition) is 1. The van der Waals surface area contributed by atoms with Gasteiger partial charge in [0.05, 0.1) is 6.07 Å². The van der Waals surface area contributed by atoms with Gasteiger partial charge in [-0.25, -0.2) is 0 Å². The minimum absolute atomic E-state index is 0.00486. The first-order valence-electron chi connectivity index (χ1n) is 12.6. The summed E-state index contributed by atoms with van der Waals surface area (Å²) in [5.41, 5.74) is 7.84. The molecule has 0 radical (unpaired) electrons. The highest BCUT2D eigenvalue weighted by atomic mass is 16.5. The third-order valence-corrected chi connectivity index (χ3v) is 6.38. The molecule has 188 valence electrons. The summed E-state index contributed by atoms with van der Waals surface area (Å²) in [7, 11) is 0. The summed E-state index contributed by atoms with van der Waals surface area (Å²) < 4.78 is 6.55. The van der Waals surface area contributed by atoms with Crippen LogP contribution in [0.2, 0.25) is 0 Å². The van der Waals surface area contributed by atoms with Crippen molar-refractivity contribution in [3.63, 3.8) is 0 Å². The summed E-state index contributed by atoms with van der Waals surface area (Å²) in [6.07, 6.45) is 0.727. The van der Waals surface area contributed by atoms with E-state index < -0.39 is 0 Å². The molecule has 3 aromatic carbocycles. The Morgan fingerprint density at radius 2 is 1.56 bits per heavy atom. The number of rotatable bonds is 8. The predicted octanol–water partition coefficient (Wildman–Crippen LogP) is 7.69. The summed E-state index contributed by atoms with van der Waals surface area (Å²) in [4.78, 5) is 12.2. The Labute approximate surface area is 216 Å². The first-order chi connectivity index (χ1) is 17.0. The van der Waals surface area contributed by atoms with Crippen molar-refractivity contribution < 1.29 is 9.53 Å². The van der Waals surface area contributed by atoms with Crippen LogP contribution < -0.4 is 10.1 Å². The quantitative estimate of drug-likeness (QED) is 0.335. The van der Waals surface area contributed by atoms with E-state index in [0.717, 1.165) is 17.7 Å². The smallest absolute Gasteiger partial charge is 0.252 e. The van der Waals surface area contributed by atoms with Gasteiger partial charge in [0.2, 0.25) is 0 Å². The van der Waals surface area contributed by atoms with Crippen LogP contribution in [0.25, 0.3) is 11.1 Å². The van der Waals surface area contributed by atoms with Crippen LogP contribution in [-0.4, -0.2) is 12.5 Å². The van der Waals surface area contributed by atoms with Gasteiger partial charge in [0, 0.05) is 5.56 Å². The number of nitrogens with zero attached hydrogens (tertiary/aromatic N) is 1. The van der Waals surface area contributed by atoms with E-state index in [2.05, 4.69) is 90.2 Å². The molecule has 4 nitrogen and oxygen atoms in total. The number of amides is 1. The summed E-state index contributed by atoms with van der Waals surface area (Å²) in [5, 5.41) is 11.3. The van der Waals surface area contributed by atoms with Crippen molar-refractivity contribution in [3.8, 4) is 22.9 Å². The van der Waals surface area contributed by atoms with Crippen molar-refractivity contribution in [1.29, 1.82) is 5.26 Å². The molecule has 3 aromatic rings. The fourth-order valence-electron chi connectivity index (χ4n) is 4.50. The van der Waals surface area contributed by atoms with E-state index >= 15 is 0 Å². The molecule has 1 N–H and O–H groups in total. The summed E-state index contributed by atoms with van der Waals surface area (Å²) in [6, 6.07) is 22.5. The number of carbonyl (C=O) groups is 1. The normalized spacial score (nSPS) is 12.2. The monoisotopic (exact) mass is 482 g/mol. The number of benzene rings is 3. The van der Waals surface area contributed by atoms with Crippen LogP contribution in [0.4, 0.5) is 0 Å². The summed E-state index contributed by atoms with van der Waals surface area (Å²) in [6.45, 7) is 15.3. The number of hydrogen-bond acceptors (Lipinski definition) is 3. The molecule has 3 rings (SSSR count). The first-order valence-corrected chi connectivity index (χ1v) is 12.6. The Hall–Kier alpha value is -3.58. The minimum Gasteiger partial charge on any atom is -0.486 e. The predicted molar refractivity (Wildman–Crippen MR) is 147 cm³/mol. The van der Waals surface area contributed by atoms with Gasteiger partial charge in [0.25, 0.3) is 5.91 Å². The van der Waals surface area contributed by atoms with Gasteiger partial charge < -0.3 is 10.1 Å². The van der Waals surface area contributed by atoms with Gasteiger partial charge in [0.1, 0.15) is 18.4 Å². The first kappa shape index (κ1) is 27.0. The highest BCUT2D eigenvalue weighted by Crippen LogP contribution is 2.35. The molecular weight excluding hydrogens is 444 g/mol. The van der Waals surface area contributed by atoms with Crippen LogP contribution in [0.5, 0.6) is 5.75 Å². The van der Waals surface area contributed by atoms with Crippen molar-refractivity contribution in [2.75, 3.05) is 6.54 Å². The SMILES string of the molecule is Cc1cc(OC(CC(C)C)c2ccc(C(=O)NCC#N)cc2)cc(C)c1-c1ccc(C(C)(C)C)cc1. The standard InChI is InChI=1S/C32H38N2O2/c1-21(2)18-29(24-8-10-26(11-9-24)31(35)34-17-16-33)36-28-19-22(3)30(23(4)20-28)25-12-14-27(15-13-25)32(5,6)7/h8-15,19-21,29H,17-18H2,1-7H3,(H,34,35). The second-order valence-corrected chi connectivity index (χ2v) is 11.0. The molecule has 0 aliphatic carbocycles. The zero-order chi connectivity index (χ0) is 26.5. The van der Waals surface area contributed by atoms with E-state index in [0.29, 0.717) is 11.5 Å². The Balaban J connectivity index is 1.85. The van der Waals surface area contributed by atoms with Gasteiger partial charge in [-0.2, -0.15) is 5.26 Å². The number of nitrogens with one attached hydrogen (secondary N) is 1. The lowest BCUT2D eigenvalue weighted by Gasteiger charge is -2.23. The maximum absolute atomic E-state index is 12.2. The second-order valence-electron chi connectivity index (χ2n) is 11.0. The summed E-state index contributed by atoms with van der Waals surface area (Å²) in [5.74, 6) is 1.04. The molecule has 0 saturated carbocycles. The molecule has 0 fully saturated rings. The van der Waals surface area contributed by atoms with Crippen LogP contribution in [0.3, 0.4) is 0 Å². The van der Waals surface area contributed by atoms with Gasteiger partial charge in [0.15, 0.2) is 0 Å². The topological polar surface area (TPSA) is 62.1 Å². The molecule has 1 amide bonds. The molecule has 0 aliphatic heterocycles. The number of nitriles is 1. The van der Waals surface area contributed by atoms with Crippen LogP contribution in [0.1, 0.15) is 79.8 Å². The molecule has 0 heterocycles. The molecule has 0 aliphatic rings. The zero-order valence-electron chi connectivity index (χ0n) is 22.6. The lowest BCUT2D eigenvalue weighted by atomic mass is 9.85. The maximum atomic E-state index is 12.2. The van der Waals surface area contributed by atoms with Gasteiger partial charge >= 0.3 is 0 Å². The molecule has 4 heteroatoms. The summed E-state index contributed by atoms with van der Waals surface area (Å²) >= 11 is 0. The Bertz CT molecular complexity index is 1200. The lowest BCUT2D eigenvalue weighted by Crippen LogP contribution is -2.23. The van der Waals surface area contributed by atoms with Crippen molar-refractivity contribution in [1.82, 2.24) is 5.32 Å². The number of ether oxygens (including phenoxy) is 1. The van der Waals surface area contributed by atoms with E-state index in [9.17, 15) is 4.79 Å². The average molecular weight is 483 g/mol. The third-order valence-electron chi connectivity index (χ3n) is 6.38. The fourth-order valence-corrected chi connectivity index (χ4v) is 4.50. The largest absolute Gasteiger partial charge is 0.486 e. The minimum atomic E-state index is -0.248. The van der Waals surface area contributed by atoms with Crippen molar-refractivity contribution in [2.45, 2.75) is 66.4 Å². The molecule has 1 unspecified atom stereocenters. The van der Waals surface area contributed by atoms with Crippen molar-refractivity contribution in [2.24, 2.45) is 5.92 Å². The van der Waals surface area contributed by atoms with Gasteiger partial charge in [-0.1, -0.05) is 71.0 Å². The molecule has 0 aromatic heterocycles. The zero-order valence-corrected chi connectivity index (χ0v) is 22.6. The van der Waals surface area contributed by atoms with Gasteiger partial charge in [-0.15, -0.1) is 0 Å². The van der Waals surface area contributed by atoms with Gasteiger partial charge in [-0.3, -0.25) is 4.79 Å². The van der Waals surface area contributed by atoms with Crippen molar-refractivity contribution in [3.05, 3.63) is 88.5 Å². The van der Waals surface area contributed by atoms with Gasteiger partial charge in [-0.05, 0) is 89.2 Å². The Morgan fingerprint density at radius 3 is 2.06 bits per heavy atom. The van der Waals surface area contributed by atoms with E-state index in [1.807, 2.05) is 18.2 Å². The van der Waals surface area contributed by atoms with Crippen LogP contribution >= 0.6 is 0 Å². The molecule has 0 spiro atoms. The third kappa shape index (κ3) is 6.76. The molecule has 1 atom stereocenters. The van der Waals surface area contributed by atoms with Crippen LogP contribution in [-0.2, 0) is 5.41 Å². The highest BCUT2D eigenvalue weighted by Gasteiger charge is 2.19. The molecule has 0 bridgehead atoms. The molecule has 0 saturated heterocycles. The number of carbonyl (C=O) groups excluding carboxylic acids is 1. The number of aryl methyl sites for hydroxylation is 2. The second kappa shape index (κ2) is 11.4. The molecular formula is C32H38N2O2.